The minimum atomic E-state index is -1.82. The molecule has 6 rings (SSSR count). The lowest BCUT2D eigenvalue weighted by atomic mass is 9.67. The molecule has 2 spiro atoms. The SMILES string of the molecule is CC[C@H]1O[C@]2(CC[C@@H]1C)C[C@@H]1C[C@@H](C/C=C(/C)C[C@@H](C)C=C[C@@H]3O[C@]34CO[C@@H]3[C@H](OC(=O)C(C)(C)C)C(C)=C[C@@H](C(=O)O1)[C@@]34O)O2. The molecule has 0 unspecified atom stereocenters. The molecule has 1 N–H and O–H groups in total. The Morgan fingerprint density at radius 3 is 2.59 bits per heavy atom. The zero-order chi connectivity index (χ0) is 33.2. The van der Waals surface area contributed by atoms with Gasteiger partial charge in [-0.2, -0.15) is 0 Å². The topological polar surface area (TPSA) is 113 Å². The number of hydrogen-bond donors (Lipinski definition) is 1. The van der Waals surface area contributed by atoms with Crippen LogP contribution < -0.4 is 0 Å². The summed E-state index contributed by atoms with van der Waals surface area (Å²) in [7, 11) is 0. The average molecular weight is 643 g/mol. The van der Waals surface area contributed by atoms with E-state index in [1.54, 1.807) is 26.8 Å². The van der Waals surface area contributed by atoms with Gasteiger partial charge in [0.2, 0.25) is 0 Å². The van der Waals surface area contributed by atoms with E-state index in [0.29, 0.717) is 30.8 Å². The molecule has 0 aromatic rings. The lowest BCUT2D eigenvalue weighted by Crippen LogP contribution is -2.64. The highest BCUT2D eigenvalue weighted by Crippen LogP contribution is 2.59. The summed E-state index contributed by atoms with van der Waals surface area (Å²) in [6.45, 7) is 15.9. The summed E-state index contributed by atoms with van der Waals surface area (Å²) in [5.74, 6) is -2.20. The Balaban J connectivity index is 1.37. The predicted molar refractivity (Wildman–Crippen MR) is 170 cm³/mol. The molecule has 0 saturated carbocycles. The van der Waals surface area contributed by atoms with E-state index in [9.17, 15) is 14.7 Å². The molecule has 0 amide bonds. The fourth-order valence-corrected chi connectivity index (χ4v) is 8.38. The molecular formula is C37H54O9. The first-order valence-electron chi connectivity index (χ1n) is 17.4. The maximum atomic E-state index is 14.4. The van der Waals surface area contributed by atoms with Crippen LogP contribution in [-0.4, -0.2) is 77.3 Å². The molecule has 0 radical (unpaired) electrons. The molecule has 5 aliphatic heterocycles. The van der Waals surface area contributed by atoms with Crippen LogP contribution in [0.15, 0.2) is 35.5 Å². The summed E-state index contributed by atoms with van der Waals surface area (Å²) in [6.07, 6.45) is 10.3. The van der Waals surface area contributed by atoms with Gasteiger partial charge in [-0.1, -0.05) is 50.6 Å². The monoisotopic (exact) mass is 642 g/mol. The van der Waals surface area contributed by atoms with E-state index in [1.807, 2.05) is 13.0 Å². The Morgan fingerprint density at radius 1 is 1.11 bits per heavy atom. The molecule has 46 heavy (non-hydrogen) atoms. The Morgan fingerprint density at radius 2 is 1.87 bits per heavy atom. The molecule has 6 aliphatic rings. The molecule has 4 saturated heterocycles. The van der Waals surface area contributed by atoms with Crippen molar-refractivity contribution in [2.45, 2.75) is 154 Å². The van der Waals surface area contributed by atoms with Crippen molar-refractivity contribution in [3.05, 3.63) is 35.5 Å². The van der Waals surface area contributed by atoms with Crippen molar-refractivity contribution >= 4 is 11.9 Å². The highest BCUT2D eigenvalue weighted by molar-refractivity contribution is 5.79. The van der Waals surface area contributed by atoms with Gasteiger partial charge in [0.15, 0.2) is 17.5 Å². The first-order valence-corrected chi connectivity index (χ1v) is 17.4. The van der Waals surface area contributed by atoms with Gasteiger partial charge in [-0.25, -0.2) is 0 Å². The standard InChI is InChI=1S/C37H54O9/c1-9-28-23(4)14-15-35(45-28)19-26-18-25(44-35)12-10-21(2)16-22(3)11-13-29-36(46-29)20-41-31-30(43-33(39)34(6,7)8)24(5)17-27(32(38)42-26)37(31,36)40/h10-11,13,17,22-23,25-31,40H,9,12,14-16,18-20H2,1-8H3/b13-11?,21-10-/t22-,23-,25+,26-,27-,28+,29-,30+,31+,35+,36+,37+/m0/s1. The second kappa shape index (κ2) is 12.1. The third kappa shape index (κ3) is 5.93. The van der Waals surface area contributed by atoms with Crippen molar-refractivity contribution in [2.24, 2.45) is 23.2 Å². The quantitative estimate of drug-likeness (QED) is 0.229. The van der Waals surface area contributed by atoms with Crippen LogP contribution in [0.2, 0.25) is 0 Å². The van der Waals surface area contributed by atoms with E-state index in [4.69, 9.17) is 28.4 Å². The van der Waals surface area contributed by atoms with Crippen LogP contribution in [0.25, 0.3) is 0 Å². The molecule has 9 nitrogen and oxygen atoms in total. The summed E-state index contributed by atoms with van der Waals surface area (Å²) in [4.78, 5) is 27.4. The van der Waals surface area contributed by atoms with Gasteiger partial charge in [0, 0.05) is 19.3 Å². The average Bonchev–Trinajstić information content (AvgIpc) is 3.63. The molecule has 12 atom stereocenters. The van der Waals surface area contributed by atoms with Crippen LogP contribution >= 0.6 is 0 Å². The van der Waals surface area contributed by atoms with Gasteiger partial charge in [0.05, 0.1) is 24.2 Å². The van der Waals surface area contributed by atoms with Crippen molar-refractivity contribution < 1.29 is 43.1 Å². The molecule has 9 heteroatoms. The number of carbonyl (C=O) groups excluding carboxylic acids is 2. The molecule has 1 aliphatic carbocycles. The second-order valence-electron chi connectivity index (χ2n) is 16.0. The van der Waals surface area contributed by atoms with Gasteiger partial charge < -0.3 is 33.5 Å². The maximum absolute atomic E-state index is 14.4. The van der Waals surface area contributed by atoms with Crippen LogP contribution in [0.5, 0.6) is 0 Å². The van der Waals surface area contributed by atoms with Crippen molar-refractivity contribution in [3.8, 4) is 0 Å². The van der Waals surface area contributed by atoms with Gasteiger partial charge in [-0.3, -0.25) is 9.59 Å². The number of epoxide rings is 1. The van der Waals surface area contributed by atoms with Crippen LogP contribution in [-0.2, 0) is 38.0 Å². The number of ether oxygens (including phenoxy) is 6. The van der Waals surface area contributed by atoms with Crippen molar-refractivity contribution in [2.75, 3.05) is 6.61 Å². The Hall–Kier alpha value is -2.04. The molecule has 4 fully saturated rings. The molecule has 5 heterocycles. The summed E-state index contributed by atoms with van der Waals surface area (Å²) in [5, 5.41) is 12.8. The van der Waals surface area contributed by atoms with Crippen LogP contribution in [0.4, 0.5) is 0 Å². The predicted octanol–water partition coefficient (Wildman–Crippen LogP) is 5.73. The van der Waals surface area contributed by atoms with Gasteiger partial charge in [-0.15, -0.1) is 0 Å². The zero-order valence-corrected chi connectivity index (χ0v) is 28.9. The largest absolute Gasteiger partial charge is 0.462 e. The molecule has 0 aromatic heterocycles. The Bertz CT molecular complexity index is 1300. The fourth-order valence-electron chi connectivity index (χ4n) is 8.38. The van der Waals surface area contributed by atoms with E-state index in [0.717, 1.165) is 25.7 Å². The highest BCUT2D eigenvalue weighted by atomic mass is 16.7. The van der Waals surface area contributed by atoms with Gasteiger partial charge >= 0.3 is 11.9 Å². The lowest BCUT2D eigenvalue weighted by molar-refractivity contribution is -0.335. The number of fused-ring (bicyclic) bond motifs is 2. The number of rotatable bonds is 2. The lowest BCUT2D eigenvalue weighted by Gasteiger charge is -2.50. The van der Waals surface area contributed by atoms with Crippen LogP contribution in [0.1, 0.15) is 100 Å². The first-order chi connectivity index (χ1) is 21.6. The molecule has 256 valence electrons. The summed E-state index contributed by atoms with van der Waals surface area (Å²) < 4.78 is 38.4. The molecule has 0 aromatic carbocycles. The van der Waals surface area contributed by atoms with Gasteiger partial charge in [-0.05, 0) is 77.7 Å². The summed E-state index contributed by atoms with van der Waals surface area (Å²) in [5.41, 5.74) is -1.84. The molecular weight excluding hydrogens is 588 g/mol. The van der Waals surface area contributed by atoms with Crippen molar-refractivity contribution in [1.82, 2.24) is 0 Å². The molecule has 2 bridgehead atoms. The number of allylic oxidation sites excluding steroid dienone is 2. The van der Waals surface area contributed by atoms with E-state index in [2.05, 4.69) is 39.8 Å². The zero-order valence-electron chi connectivity index (χ0n) is 28.9. The summed E-state index contributed by atoms with van der Waals surface area (Å²) in [6, 6.07) is 0. The second-order valence-corrected chi connectivity index (χ2v) is 16.0. The van der Waals surface area contributed by atoms with Crippen LogP contribution in [0, 0.1) is 23.2 Å². The van der Waals surface area contributed by atoms with Gasteiger partial charge in [0.1, 0.15) is 29.8 Å². The summed E-state index contributed by atoms with van der Waals surface area (Å²) >= 11 is 0. The van der Waals surface area contributed by atoms with Gasteiger partial charge in [0.25, 0.3) is 0 Å². The smallest absolute Gasteiger partial charge is 0.316 e. The fraction of sp³-hybridized carbons (Fsp3) is 0.784. The Kier molecular flexibility index (Phi) is 8.93. The van der Waals surface area contributed by atoms with E-state index in [1.165, 1.54) is 5.57 Å². The van der Waals surface area contributed by atoms with E-state index in [-0.39, 0.29) is 24.7 Å². The first kappa shape index (κ1) is 33.8. The maximum Gasteiger partial charge on any atom is 0.316 e. The van der Waals surface area contributed by atoms with E-state index < -0.39 is 64.7 Å². The third-order valence-electron chi connectivity index (χ3n) is 11.2. The minimum absolute atomic E-state index is 0.0673. The number of carbonyl (C=O) groups is 2. The highest BCUT2D eigenvalue weighted by Gasteiger charge is 2.80. The van der Waals surface area contributed by atoms with Crippen molar-refractivity contribution in [3.63, 3.8) is 0 Å². The number of hydrogen-bond acceptors (Lipinski definition) is 9. The normalized spacial score (nSPS) is 47.2. The minimum Gasteiger partial charge on any atom is -0.462 e. The number of aliphatic hydroxyl groups is 1. The Labute approximate surface area is 274 Å². The number of esters is 2. The van der Waals surface area contributed by atoms with Crippen molar-refractivity contribution in [1.29, 1.82) is 0 Å². The van der Waals surface area contributed by atoms with E-state index >= 15 is 0 Å². The van der Waals surface area contributed by atoms with Crippen LogP contribution in [0.3, 0.4) is 0 Å². The third-order valence-corrected chi connectivity index (χ3v) is 11.2.